The van der Waals surface area contributed by atoms with Gasteiger partial charge in [-0.2, -0.15) is 4.98 Å². The van der Waals surface area contributed by atoms with Crippen LogP contribution in [0.4, 0.5) is 0 Å². The van der Waals surface area contributed by atoms with Gasteiger partial charge in [-0.1, -0.05) is 39.8 Å². The van der Waals surface area contributed by atoms with Gasteiger partial charge in [-0.25, -0.2) is 4.98 Å². The standard InChI is InChI=1S/C6H7NOS.C5H8N2O.2C2H6/c1-4(8)6-3-7-5(2)9-6;1-3-5-6-4(2)7-8-5;2*1-2/h3H,1-2H3;3H2,1-2H3;2*1-2H3. The zero-order valence-corrected chi connectivity index (χ0v) is 15.2. The quantitative estimate of drug-likeness (QED) is 0.755. The lowest BCUT2D eigenvalue weighted by Crippen LogP contribution is -1.83. The maximum absolute atomic E-state index is 10.6. The van der Waals surface area contributed by atoms with Crippen LogP contribution in [0.15, 0.2) is 10.7 Å². The summed E-state index contributed by atoms with van der Waals surface area (Å²) in [6, 6.07) is 0. The molecule has 6 heteroatoms. The number of ketones is 1. The summed E-state index contributed by atoms with van der Waals surface area (Å²) in [5, 5.41) is 4.55. The number of thiazole rings is 1. The Hall–Kier alpha value is -1.56. The third-order valence-electron chi connectivity index (χ3n) is 1.84. The van der Waals surface area contributed by atoms with Gasteiger partial charge in [0, 0.05) is 19.5 Å². The minimum atomic E-state index is 0.0978. The number of Topliss-reactive ketones (excluding diaryl/α,β-unsaturated/α-hetero) is 1. The number of carbonyl (C=O) groups is 1. The molecule has 2 aromatic rings. The Morgan fingerprint density at radius 2 is 1.81 bits per heavy atom. The van der Waals surface area contributed by atoms with E-state index in [1.807, 2.05) is 48.5 Å². The van der Waals surface area contributed by atoms with Gasteiger partial charge >= 0.3 is 0 Å². The van der Waals surface area contributed by atoms with Gasteiger partial charge in [-0.3, -0.25) is 4.79 Å². The van der Waals surface area contributed by atoms with E-state index in [0.29, 0.717) is 11.7 Å². The van der Waals surface area contributed by atoms with E-state index in [1.54, 1.807) is 13.1 Å². The molecule has 120 valence electrons. The first-order valence-electron chi connectivity index (χ1n) is 7.25. The van der Waals surface area contributed by atoms with Gasteiger partial charge in [-0.15, -0.1) is 11.3 Å². The smallest absolute Gasteiger partial charge is 0.226 e. The molecule has 21 heavy (non-hydrogen) atoms. The maximum atomic E-state index is 10.6. The molecule has 0 fully saturated rings. The first kappa shape index (κ1) is 21.7. The number of rotatable bonds is 2. The zero-order valence-electron chi connectivity index (χ0n) is 14.4. The van der Waals surface area contributed by atoms with Crippen LogP contribution >= 0.6 is 11.3 Å². The average Bonchev–Trinajstić information content (AvgIpc) is 3.12. The summed E-state index contributed by atoms with van der Waals surface area (Å²) in [5.41, 5.74) is 0. The van der Waals surface area contributed by atoms with E-state index >= 15 is 0 Å². The van der Waals surface area contributed by atoms with Gasteiger partial charge in [0.1, 0.15) is 0 Å². The minimum Gasteiger partial charge on any atom is -0.339 e. The normalized spacial score (nSPS) is 8.38. The monoisotopic (exact) mass is 313 g/mol. The molecule has 0 N–H and O–H groups in total. The highest BCUT2D eigenvalue weighted by Crippen LogP contribution is 2.10. The molecule has 2 rings (SSSR count). The van der Waals surface area contributed by atoms with Crippen molar-refractivity contribution in [1.82, 2.24) is 15.1 Å². The number of aromatic nitrogens is 3. The third kappa shape index (κ3) is 9.90. The Balaban J connectivity index is 0. The largest absolute Gasteiger partial charge is 0.339 e. The van der Waals surface area contributed by atoms with E-state index in [1.165, 1.54) is 11.3 Å². The lowest BCUT2D eigenvalue weighted by Gasteiger charge is -1.79. The van der Waals surface area contributed by atoms with Crippen molar-refractivity contribution in [2.75, 3.05) is 0 Å². The Kier molecular flexibility index (Phi) is 13.9. The van der Waals surface area contributed by atoms with Crippen molar-refractivity contribution in [1.29, 1.82) is 0 Å². The summed E-state index contributed by atoms with van der Waals surface area (Å²) in [6.07, 6.45) is 2.43. The maximum Gasteiger partial charge on any atom is 0.226 e. The Morgan fingerprint density at radius 1 is 1.24 bits per heavy atom. The molecule has 0 aliphatic heterocycles. The van der Waals surface area contributed by atoms with Crippen LogP contribution in [-0.2, 0) is 6.42 Å². The molecule has 0 saturated carbocycles. The number of aryl methyl sites for hydroxylation is 3. The minimum absolute atomic E-state index is 0.0978. The van der Waals surface area contributed by atoms with Gasteiger partial charge in [0.05, 0.1) is 9.88 Å². The lowest BCUT2D eigenvalue weighted by molar-refractivity contribution is 0.102. The van der Waals surface area contributed by atoms with Crippen LogP contribution in [0.5, 0.6) is 0 Å². The molecule has 0 saturated heterocycles. The Bertz CT molecular complexity index is 493. The van der Waals surface area contributed by atoms with E-state index in [-0.39, 0.29) is 5.78 Å². The summed E-state index contributed by atoms with van der Waals surface area (Å²) < 4.78 is 4.75. The van der Waals surface area contributed by atoms with E-state index < -0.39 is 0 Å². The summed E-state index contributed by atoms with van der Waals surface area (Å²) in [6.45, 7) is 15.2. The van der Waals surface area contributed by atoms with Gasteiger partial charge < -0.3 is 4.52 Å². The fourth-order valence-electron chi connectivity index (χ4n) is 1.01. The first-order valence-corrected chi connectivity index (χ1v) is 8.07. The van der Waals surface area contributed by atoms with Crippen LogP contribution in [0.25, 0.3) is 0 Å². The molecular weight excluding hydrogens is 286 g/mol. The average molecular weight is 313 g/mol. The highest BCUT2D eigenvalue weighted by Gasteiger charge is 2.00. The van der Waals surface area contributed by atoms with Crippen LogP contribution in [-0.4, -0.2) is 20.9 Å². The molecule has 0 unspecified atom stereocenters. The van der Waals surface area contributed by atoms with Crippen molar-refractivity contribution in [3.63, 3.8) is 0 Å². The fourth-order valence-corrected chi connectivity index (χ4v) is 1.68. The van der Waals surface area contributed by atoms with E-state index in [0.717, 1.165) is 16.3 Å². The third-order valence-corrected chi connectivity index (χ3v) is 2.85. The fraction of sp³-hybridized carbons (Fsp3) is 0.600. The SMILES string of the molecule is CC.CC.CC(=O)c1cnc(C)s1.CCc1nc(C)no1. The highest BCUT2D eigenvalue weighted by molar-refractivity contribution is 7.13. The molecule has 2 aromatic heterocycles. The summed E-state index contributed by atoms with van der Waals surface area (Å²) >= 11 is 1.44. The van der Waals surface area contributed by atoms with Gasteiger partial charge in [0.25, 0.3) is 0 Å². The van der Waals surface area contributed by atoms with Crippen molar-refractivity contribution in [3.8, 4) is 0 Å². The molecule has 0 aromatic carbocycles. The van der Waals surface area contributed by atoms with Crippen LogP contribution in [0.2, 0.25) is 0 Å². The predicted octanol–water partition coefficient (Wildman–Crippen LogP) is 4.65. The van der Waals surface area contributed by atoms with Crippen LogP contribution in [0.3, 0.4) is 0 Å². The molecule has 0 spiro atoms. The second-order valence-corrected chi connectivity index (χ2v) is 4.62. The van der Waals surface area contributed by atoms with Crippen LogP contribution in [0.1, 0.15) is 67.9 Å². The Morgan fingerprint density at radius 3 is 2.00 bits per heavy atom. The topological polar surface area (TPSA) is 68.9 Å². The van der Waals surface area contributed by atoms with Crippen molar-refractivity contribution in [2.24, 2.45) is 0 Å². The van der Waals surface area contributed by atoms with Crippen LogP contribution < -0.4 is 0 Å². The van der Waals surface area contributed by atoms with Gasteiger partial charge in [0.2, 0.25) is 5.89 Å². The number of hydrogen-bond donors (Lipinski definition) is 0. The zero-order chi connectivity index (χ0) is 16.8. The Labute approximate surface area is 131 Å². The molecule has 5 nitrogen and oxygen atoms in total. The molecule has 0 amide bonds. The van der Waals surface area contributed by atoms with Crippen molar-refractivity contribution in [3.05, 3.63) is 27.8 Å². The van der Waals surface area contributed by atoms with Gasteiger partial charge in [-0.05, 0) is 13.8 Å². The van der Waals surface area contributed by atoms with Crippen LogP contribution in [0, 0.1) is 13.8 Å². The molecular formula is C15H27N3O2S. The van der Waals surface area contributed by atoms with Crippen molar-refractivity contribution in [2.45, 2.75) is 61.8 Å². The van der Waals surface area contributed by atoms with E-state index in [4.69, 9.17) is 4.52 Å². The molecule has 2 heterocycles. The molecule has 0 atom stereocenters. The van der Waals surface area contributed by atoms with E-state index in [2.05, 4.69) is 15.1 Å². The molecule has 0 bridgehead atoms. The first-order chi connectivity index (χ1) is 10.0. The molecule has 0 aliphatic carbocycles. The summed E-state index contributed by atoms with van der Waals surface area (Å²) in [7, 11) is 0. The predicted molar refractivity (Wildman–Crippen MR) is 88.0 cm³/mol. The second kappa shape index (κ2) is 13.4. The van der Waals surface area contributed by atoms with Gasteiger partial charge in [0.15, 0.2) is 11.6 Å². The number of hydrogen-bond acceptors (Lipinski definition) is 6. The lowest BCUT2D eigenvalue weighted by atomic mass is 10.4. The molecule has 0 radical (unpaired) electrons. The highest BCUT2D eigenvalue weighted by atomic mass is 32.1. The van der Waals surface area contributed by atoms with E-state index in [9.17, 15) is 4.79 Å². The number of nitrogens with zero attached hydrogens (tertiary/aromatic N) is 3. The number of carbonyl (C=O) groups excluding carboxylic acids is 1. The second-order valence-electron chi connectivity index (χ2n) is 3.39. The summed E-state index contributed by atoms with van der Waals surface area (Å²) in [5.74, 6) is 1.52. The van der Waals surface area contributed by atoms with Crippen molar-refractivity contribution < 1.29 is 9.32 Å². The van der Waals surface area contributed by atoms with Crippen molar-refractivity contribution >= 4 is 17.1 Å². The molecule has 0 aliphatic rings. The summed E-state index contributed by atoms with van der Waals surface area (Å²) in [4.78, 5) is 19.3.